The van der Waals surface area contributed by atoms with Crippen molar-refractivity contribution in [2.24, 2.45) is 0 Å². The standard InChI is InChI=1S/C18H16BrN3O/c19-17-3-1-15(2-4-17)5-8-18(23,13-22-12-11-21-14-22)16-6-9-20-10-7-16/h1-12,14,23H,13H2. The van der Waals surface area contributed by atoms with Crippen molar-refractivity contribution >= 4 is 22.0 Å². The van der Waals surface area contributed by atoms with Crippen LogP contribution in [0.4, 0.5) is 0 Å². The molecule has 4 nitrogen and oxygen atoms in total. The molecule has 2 heterocycles. The molecular weight excluding hydrogens is 354 g/mol. The van der Waals surface area contributed by atoms with Crippen molar-refractivity contribution in [3.05, 3.63) is 89.2 Å². The van der Waals surface area contributed by atoms with Gasteiger partial charge in [0, 0.05) is 29.3 Å². The number of hydrogen-bond acceptors (Lipinski definition) is 3. The highest BCUT2D eigenvalue weighted by Gasteiger charge is 2.26. The van der Waals surface area contributed by atoms with E-state index < -0.39 is 5.60 Å². The van der Waals surface area contributed by atoms with Gasteiger partial charge in [-0.2, -0.15) is 0 Å². The van der Waals surface area contributed by atoms with Gasteiger partial charge in [0.15, 0.2) is 0 Å². The van der Waals surface area contributed by atoms with Crippen molar-refractivity contribution in [1.82, 2.24) is 14.5 Å². The molecule has 0 aliphatic heterocycles. The SMILES string of the molecule is OC(C=Cc1ccc(Br)cc1)(Cn1ccnc1)c1ccncc1. The molecule has 2 aromatic heterocycles. The van der Waals surface area contributed by atoms with E-state index in [9.17, 15) is 5.11 Å². The lowest BCUT2D eigenvalue weighted by molar-refractivity contribution is 0.0703. The maximum absolute atomic E-state index is 11.2. The monoisotopic (exact) mass is 369 g/mol. The van der Waals surface area contributed by atoms with Crippen molar-refractivity contribution in [3.63, 3.8) is 0 Å². The number of halogens is 1. The van der Waals surface area contributed by atoms with Gasteiger partial charge in [0.2, 0.25) is 0 Å². The summed E-state index contributed by atoms with van der Waals surface area (Å²) in [6, 6.07) is 11.6. The summed E-state index contributed by atoms with van der Waals surface area (Å²) in [4.78, 5) is 8.06. The molecule has 1 unspecified atom stereocenters. The van der Waals surface area contributed by atoms with Crippen LogP contribution >= 0.6 is 15.9 Å². The molecule has 0 bridgehead atoms. The maximum Gasteiger partial charge on any atom is 0.126 e. The fraction of sp³-hybridized carbons (Fsp3) is 0.111. The molecule has 5 heteroatoms. The molecule has 1 aromatic carbocycles. The number of nitrogens with zero attached hydrogens (tertiary/aromatic N) is 3. The number of aliphatic hydroxyl groups is 1. The number of hydrogen-bond donors (Lipinski definition) is 1. The first-order valence-corrected chi connectivity index (χ1v) is 7.98. The van der Waals surface area contributed by atoms with E-state index in [1.807, 2.05) is 59.3 Å². The highest BCUT2D eigenvalue weighted by molar-refractivity contribution is 9.10. The van der Waals surface area contributed by atoms with Gasteiger partial charge in [-0.15, -0.1) is 0 Å². The predicted molar refractivity (Wildman–Crippen MR) is 93.5 cm³/mol. The fourth-order valence-electron chi connectivity index (χ4n) is 2.35. The highest BCUT2D eigenvalue weighted by atomic mass is 79.9. The second-order valence-corrected chi connectivity index (χ2v) is 6.20. The molecular formula is C18H16BrN3O. The van der Waals surface area contributed by atoms with Crippen molar-refractivity contribution in [1.29, 1.82) is 0 Å². The molecule has 0 saturated heterocycles. The van der Waals surface area contributed by atoms with Crippen LogP contribution in [0.25, 0.3) is 6.08 Å². The second-order valence-electron chi connectivity index (χ2n) is 5.28. The molecule has 1 atom stereocenters. The largest absolute Gasteiger partial charge is 0.379 e. The summed E-state index contributed by atoms with van der Waals surface area (Å²) in [7, 11) is 0. The van der Waals surface area contributed by atoms with E-state index in [0.29, 0.717) is 6.54 Å². The van der Waals surface area contributed by atoms with Gasteiger partial charge < -0.3 is 9.67 Å². The predicted octanol–water partition coefficient (Wildman–Crippen LogP) is 3.64. The summed E-state index contributed by atoms with van der Waals surface area (Å²) < 4.78 is 2.88. The molecule has 0 spiro atoms. The Morgan fingerprint density at radius 3 is 2.43 bits per heavy atom. The Bertz CT molecular complexity index is 770. The Kier molecular flexibility index (Phi) is 4.69. The minimum atomic E-state index is -1.14. The molecule has 0 aliphatic rings. The molecule has 3 rings (SSSR count). The molecule has 116 valence electrons. The average Bonchev–Trinajstić information content (AvgIpc) is 3.08. The van der Waals surface area contributed by atoms with Crippen molar-refractivity contribution in [3.8, 4) is 0 Å². The molecule has 1 N–H and O–H groups in total. The van der Waals surface area contributed by atoms with Crippen LogP contribution in [0.5, 0.6) is 0 Å². The Morgan fingerprint density at radius 1 is 1.04 bits per heavy atom. The van der Waals surface area contributed by atoms with Crippen LogP contribution in [0.2, 0.25) is 0 Å². The quantitative estimate of drug-likeness (QED) is 0.746. The highest BCUT2D eigenvalue weighted by Crippen LogP contribution is 2.26. The van der Waals surface area contributed by atoms with Gasteiger partial charge in [-0.1, -0.05) is 34.1 Å². The lowest BCUT2D eigenvalue weighted by Gasteiger charge is -2.25. The van der Waals surface area contributed by atoms with Gasteiger partial charge in [-0.05, 0) is 41.5 Å². The average molecular weight is 370 g/mol. The number of benzene rings is 1. The number of imidazole rings is 1. The third kappa shape index (κ3) is 3.94. The maximum atomic E-state index is 11.2. The van der Waals surface area contributed by atoms with Crippen molar-refractivity contribution in [2.45, 2.75) is 12.1 Å². The van der Waals surface area contributed by atoms with E-state index >= 15 is 0 Å². The van der Waals surface area contributed by atoms with Crippen LogP contribution in [0, 0.1) is 0 Å². The number of aromatic nitrogens is 3. The molecule has 0 aliphatic carbocycles. The van der Waals surface area contributed by atoms with E-state index in [4.69, 9.17) is 0 Å². The molecule has 23 heavy (non-hydrogen) atoms. The van der Waals surface area contributed by atoms with Crippen LogP contribution in [0.1, 0.15) is 11.1 Å². The van der Waals surface area contributed by atoms with Gasteiger partial charge in [0.1, 0.15) is 5.60 Å². The normalized spacial score (nSPS) is 14.0. The Hall–Kier alpha value is -2.24. The molecule has 0 amide bonds. The van der Waals surface area contributed by atoms with E-state index in [-0.39, 0.29) is 0 Å². The van der Waals surface area contributed by atoms with Gasteiger partial charge in [-0.25, -0.2) is 4.98 Å². The molecule has 0 saturated carbocycles. The number of rotatable bonds is 5. The Labute approximate surface area is 143 Å². The van der Waals surface area contributed by atoms with E-state index in [0.717, 1.165) is 15.6 Å². The van der Waals surface area contributed by atoms with Crippen LogP contribution in [-0.4, -0.2) is 19.6 Å². The van der Waals surface area contributed by atoms with E-state index in [1.165, 1.54) is 0 Å². The molecule has 3 aromatic rings. The first-order valence-electron chi connectivity index (χ1n) is 7.19. The fourth-order valence-corrected chi connectivity index (χ4v) is 2.61. The third-order valence-electron chi connectivity index (χ3n) is 3.58. The second kappa shape index (κ2) is 6.89. The Balaban J connectivity index is 1.93. The summed E-state index contributed by atoms with van der Waals surface area (Å²) in [5.41, 5.74) is 0.664. The zero-order valence-corrected chi connectivity index (χ0v) is 14.0. The smallest absolute Gasteiger partial charge is 0.126 e. The summed E-state index contributed by atoms with van der Waals surface area (Å²) in [5.74, 6) is 0. The zero-order chi connectivity index (χ0) is 16.1. The topological polar surface area (TPSA) is 50.9 Å². The minimum Gasteiger partial charge on any atom is -0.379 e. The van der Waals surface area contributed by atoms with Crippen molar-refractivity contribution in [2.75, 3.05) is 0 Å². The van der Waals surface area contributed by atoms with Gasteiger partial charge >= 0.3 is 0 Å². The molecule has 0 fully saturated rings. The summed E-state index contributed by atoms with van der Waals surface area (Å²) in [6.07, 6.45) is 12.3. The van der Waals surface area contributed by atoms with E-state index in [1.54, 1.807) is 24.9 Å². The lowest BCUT2D eigenvalue weighted by Crippen LogP contribution is -2.28. The van der Waals surface area contributed by atoms with Crippen LogP contribution in [0.15, 0.2) is 78.1 Å². The summed E-state index contributed by atoms with van der Waals surface area (Å²) >= 11 is 3.42. The van der Waals surface area contributed by atoms with Gasteiger partial charge in [0.25, 0.3) is 0 Å². The van der Waals surface area contributed by atoms with E-state index in [2.05, 4.69) is 25.9 Å². The van der Waals surface area contributed by atoms with Crippen LogP contribution in [0.3, 0.4) is 0 Å². The van der Waals surface area contributed by atoms with Gasteiger partial charge in [-0.3, -0.25) is 4.98 Å². The number of pyridine rings is 1. The first kappa shape index (κ1) is 15.6. The summed E-state index contributed by atoms with van der Waals surface area (Å²) in [6.45, 7) is 0.379. The lowest BCUT2D eigenvalue weighted by atomic mass is 9.93. The third-order valence-corrected chi connectivity index (χ3v) is 4.11. The Morgan fingerprint density at radius 2 is 1.78 bits per heavy atom. The zero-order valence-electron chi connectivity index (χ0n) is 12.4. The van der Waals surface area contributed by atoms with Crippen molar-refractivity contribution < 1.29 is 5.11 Å². The van der Waals surface area contributed by atoms with Gasteiger partial charge in [0.05, 0.1) is 12.9 Å². The summed E-state index contributed by atoms with van der Waals surface area (Å²) in [5, 5.41) is 11.2. The first-order chi connectivity index (χ1) is 11.2. The van der Waals surface area contributed by atoms with Crippen LogP contribution < -0.4 is 0 Å². The van der Waals surface area contributed by atoms with Crippen LogP contribution in [-0.2, 0) is 12.1 Å². The molecule has 0 radical (unpaired) electrons. The minimum absolute atomic E-state index is 0.379.